The molecule has 19 heavy (non-hydrogen) atoms. The molecule has 2 heterocycles. The Kier molecular flexibility index (Phi) is 5.55. The van der Waals surface area contributed by atoms with E-state index in [0.717, 1.165) is 43.8 Å². The second-order valence-electron chi connectivity index (χ2n) is 5.42. The zero-order valence-corrected chi connectivity index (χ0v) is 12.4. The Labute approximate surface area is 119 Å². The molecular formula is C15H23NO2S. The van der Waals surface area contributed by atoms with E-state index in [2.05, 4.69) is 4.90 Å². The molecule has 1 aromatic rings. The molecule has 1 atom stereocenters. The van der Waals surface area contributed by atoms with Crippen molar-refractivity contribution in [1.29, 1.82) is 0 Å². The van der Waals surface area contributed by atoms with Crippen LogP contribution < -0.4 is 0 Å². The minimum atomic E-state index is -0.178. The van der Waals surface area contributed by atoms with Gasteiger partial charge < -0.3 is 10.0 Å². The van der Waals surface area contributed by atoms with E-state index < -0.39 is 0 Å². The quantitative estimate of drug-likeness (QED) is 0.815. The molecule has 1 fully saturated rings. The van der Waals surface area contributed by atoms with Gasteiger partial charge in [0.25, 0.3) is 0 Å². The molecule has 0 radical (unpaired) electrons. The van der Waals surface area contributed by atoms with Gasteiger partial charge in [0.2, 0.25) is 0 Å². The number of likely N-dealkylation sites (tertiary alicyclic amines) is 1. The summed E-state index contributed by atoms with van der Waals surface area (Å²) in [4.78, 5) is 15.1. The monoisotopic (exact) mass is 281 g/mol. The Morgan fingerprint density at radius 1 is 1.53 bits per heavy atom. The minimum Gasteiger partial charge on any atom is -0.393 e. The molecule has 1 aliphatic rings. The van der Waals surface area contributed by atoms with Gasteiger partial charge in [-0.1, -0.05) is 6.07 Å². The first-order valence-corrected chi connectivity index (χ1v) is 8.02. The van der Waals surface area contributed by atoms with Crippen LogP contribution in [0.5, 0.6) is 0 Å². The van der Waals surface area contributed by atoms with Crippen LogP contribution in [-0.4, -0.2) is 41.5 Å². The predicted molar refractivity (Wildman–Crippen MR) is 78.7 cm³/mol. The molecule has 0 spiro atoms. The van der Waals surface area contributed by atoms with Crippen molar-refractivity contribution in [2.24, 2.45) is 5.92 Å². The predicted octanol–water partition coefficient (Wildman–Crippen LogP) is 2.80. The Bertz CT molecular complexity index is 381. The summed E-state index contributed by atoms with van der Waals surface area (Å²) < 4.78 is 0. The van der Waals surface area contributed by atoms with Gasteiger partial charge in [-0.2, -0.15) is 0 Å². The number of piperidine rings is 1. The zero-order chi connectivity index (χ0) is 13.7. The second kappa shape index (κ2) is 7.17. The van der Waals surface area contributed by atoms with E-state index in [4.69, 9.17) is 0 Å². The molecule has 4 heteroatoms. The van der Waals surface area contributed by atoms with Crippen LogP contribution in [-0.2, 0) is 0 Å². The number of Topliss-reactive ketones (excluding diaryl/α,β-unsaturated/α-hetero) is 1. The van der Waals surface area contributed by atoms with Crippen molar-refractivity contribution in [2.75, 3.05) is 19.6 Å². The zero-order valence-electron chi connectivity index (χ0n) is 11.5. The first kappa shape index (κ1) is 14.7. The van der Waals surface area contributed by atoms with E-state index >= 15 is 0 Å². The average molecular weight is 281 g/mol. The van der Waals surface area contributed by atoms with Crippen molar-refractivity contribution in [3.63, 3.8) is 0 Å². The van der Waals surface area contributed by atoms with Crippen LogP contribution in [0.25, 0.3) is 0 Å². The molecule has 0 saturated carbocycles. The van der Waals surface area contributed by atoms with E-state index in [0.29, 0.717) is 12.3 Å². The topological polar surface area (TPSA) is 40.5 Å². The molecule has 1 aromatic heterocycles. The lowest BCUT2D eigenvalue weighted by atomic mass is 9.92. The fraction of sp³-hybridized carbons (Fsp3) is 0.667. The number of thiophene rings is 1. The van der Waals surface area contributed by atoms with Gasteiger partial charge in [-0.15, -0.1) is 11.3 Å². The maximum absolute atomic E-state index is 11.8. The van der Waals surface area contributed by atoms with Gasteiger partial charge in [0.05, 0.1) is 11.0 Å². The molecule has 1 saturated heterocycles. The third-order valence-electron chi connectivity index (χ3n) is 3.99. The highest BCUT2D eigenvalue weighted by Crippen LogP contribution is 2.21. The highest BCUT2D eigenvalue weighted by molar-refractivity contribution is 7.12. The van der Waals surface area contributed by atoms with Crippen LogP contribution in [0.2, 0.25) is 0 Å². The summed E-state index contributed by atoms with van der Waals surface area (Å²) in [5, 5.41) is 11.5. The maximum Gasteiger partial charge on any atom is 0.172 e. The molecule has 1 aliphatic heterocycles. The fourth-order valence-electron chi connectivity index (χ4n) is 2.68. The van der Waals surface area contributed by atoms with Crippen LogP contribution in [0, 0.1) is 5.92 Å². The molecule has 2 rings (SSSR count). The van der Waals surface area contributed by atoms with E-state index in [-0.39, 0.29) is 11.9 Å². The van der Waals surface area contributed by atoms with Gasteiger partial charge in [-0.05, 0) is 63.2 Å². The van der Waals surface area contributed by atoms with E-state index in [1.165, 1.54) is 11.3 Å². The van der Waals surface area contributed by atoms with E-state index in [1.807, 2.05) is 24.4 Å². The van der Waals surface area contributed by atoms with Crippen molar-refractivity contribution < 1.29 is 9.90 Å². The second-order valence-corrected chi connectivity index (χ2v) is 6.37. The number of aliphatic hydroxyl groups excluding tert-OH is 1. The lowest BCUT2D eigenvalue weighted by molar-refractivity contribution is 0.0709. The first-order valence-electron chi connectivity index (χ1n) is 7.14. The van der Waals surface area contributed by atoms with Crippen molar-refractivity contribution in [3.8, 4) is 0 Å². The highest BCUT2D eigenvalue weighted by atomic mass is 32.1. The smallest absolute Gasteiger partial charge is 0.172 e. The Hall–Kier alpha value is -0.710. The van der Waals surface area contributed by atoms with Crippen molar-refractivity contribution in [3.05, 3.63) is 22.4 Å². The summed E-state index contributed by atoms with van der Waals surface area (Å²) in [7, 11) is 0. The molecule has 0 amide bonds. The molecule has 1 N–H and O–H groups in total. The molecule has 0 aromatic carbocycles. The normalized spacial score (nSPS) is 19.5. The number of hydrogen-bond donors (Lipinski definition) is 1. The van der Waals surface area contributed by atoms with Gasteiger partial charge in [0.15, 0.2) is 5.78 Å². The van der Waals surface area contributed by atoms with Crippen LogP contribution in [0.1, 0.15) is 42.3 Å². The van der Waals surface area contributed by atoms with Gasteiger partial charge >= 0.3 is 0 Å². The SMILES string of the molecule is CC(O)C1CCN(CCCC(=O)c2cccs2)CC1. The number of rotatable bonds is 6. The van der Waals surface area contributed by atoms with Crippen molar-refractivity contribution >= 4 is 17.1 Å². The third kappa shape index (κ3) is 4.41. The molecule has 0 bridgehead atoms. The Morgan fingerprint density at radius 3 is 2.84 bits per heavy atom. The number of carbonyl (C=O) groups excluding carboxylic acids is 1. The summed E-state index contributed by atoms with van der Waals surface area (Å²) in [6.45, 7) is 5.01. The number of aliphatic hydroxyl groups is 1. The Morgan fingerprint density at radius 2 is 2.26 bits per heavy atom. The fourth-order valence-corrected chi connectivity index (χ4v) is 3.38. The summed E-state index contributed by atoms with van der Waals surface area (Å²) in [5.74, 6) is 0.734. The van der Waals surface area contributed by atoms with E-state index in [9.17, 15) is 9.90 Å². The molecule has 0 aliphatic carbocycles. The van der Waals surface area contributed by atoms with E-state index in [1.54, 1.807) is 0 Å². The number of carbonyl (C=O) groups is 1. The van der Waals surface area contributed by atoms with Gasteiger partial charge in [-0.3, -0.25) is 4.79 Å². The minimum absolute atomic E-state index is 0.178. The van der Waals surface area contributed by atoms with Crippen molar-refractivity contribution in [1.82, 2.24) is 4.90 Å². The molecule has 106 valence electrons. The highest BCUT2D eigenvalue weighted by Gasteiger charge is 2.22. The lowest BCUT2D eigenvalue weighted by Gasteiger charge is -2.33. The summed E-state index contributed by atoms with van der Waals surface area (Å²) in [6.07, 6.45) is 3.57. The third-order valence-corrected chi connectivity index (χ3v) is 4.90. The van der Waals surface area contributed by atoms with Crippen molar-refractivity contribution in [2.45, 2.75) is 38.7 Å². The summed E-state index contributed by atoms with van der Waals surface area (Å²) in [6, 6.07) is 3.83. The summed E-state index contributed by atoms with van der Waals surface area (Å²) >= 11 is 1.53. The lowest BCUT2D eigenvalue weighted by Crippen LogP contribution is -2.37. The van der Waals surface area contributed by atoms with Gasteiger partial charge in [-0.25, -0.2) is 0 Å². The number of ketones is 1. The number of nitrogens with zero attached hydrogens (tertiary/aromatic N) is 1. The summed E-state index contributed by atoms with van der Waals surface area (Å²) in [5.41, 5.74) is 0. The van der Waals surface area contributed by atoms with Crippen LogP contribution in [0.15, 0.2) is 17.5 Å². The molecule has 3 nitrogen and oxygen atoms in total. The molecule has 1 unspecified atom stereocenters. The maximum atomic E-state index is 11.8. The molecular weight excluding hydrogens is 258 g/mol. The Balaban J connectivity index is 1.63. The van der Waals surface area contributed by atoms with Gasteiger partial charge in [0.1, 0.15) is 0 Å². The van der Waals surface area contributed by atoms with Crippen LogP contribution in [0.3, 0.4) is 0 Å². The largest absolute Gasteiger partial charge is 0.393 e. The standard InChI is InChI=1S/C15H23NO2S/c1-12(17)13-6-9-16(10-7-13)8-2-4-14(18)15-5-3-11-19-15/h3,5,11-13,17H,2,4,6-10H2,1H3. The van der Waals surface area contributed by atoms with Gasteiger partial charge in [0, 0.05) is 6.42 Å². The number of hydrogen-bond acceptors (Lipinski definition) is 4. The van der Waals surface area contributed by atoms with Crippen LogP contribution >= 0.6 is 11.3 Å². The first-order chi connectivity index (χ1) is 9.16. The van der Waals surface area contributed by atoms with Crippen LogP contribution in [0.4, 0.5) is 0 Å². The average Bonchev–Trinajstić information content (AvgIpc) is 2.93.